The maximum atomic E-state index is 11.3. The van der Waals surface area contributed by atoms with Gasteiger partial charge in [-0.25, -0.2) is 0 Å². The van der Waals surface area contributed by atoms with Gasteiger partial charge in [-0.1, -0.05) is 6.07 Å². The second-order valence-corrected chi connectivity index (χ2v) is 3.56. The largest absolute Gasteiger partial charge is 0.503 e. The molecule has 0 aromatic heterocycles. The van der Waals surface area contributed by atoms with E-state index in [1.807, 2.05) is 0 Å². The van der Waals surface area contributed by atoms with E-state index in [4.69, 9.17) is 4.74 Å². The molecule has 2 N–H and O–H groups in total. The second kappa shape index (κ2) is 4.81. The number of hydrogen-bond donors (Lipinski definition) is 2. The Hall–Kier alpha value is -2.83. The average molecular weight is 263 g/mol. The van der Waals surface area contributed by atoms with Gasteiger partial charge in [-0.05, 0) is 12.1 Å². The van der Waals surface area contributed by atoms with Crippen LogP contribution in [0.3, 0.4) is 0 Å². The number of phenolic OH excluding ortho intramolecular Hbond substituents is 1. The molecule has 2 rings (SSSR count). The van der Waals surface area contributed by atoms with E-state index in [9.17, 15) is 19.5 Å². The third kappa shape index (κ3) is 2.01. The maximum absolute atomic E-state index is 11.3. The van der Waals surface area contributed by atoms with E-state index in [1.165, 1.54) is 25.3 Å². The normalized spacial score (nSPS) is 10.2. The SMILES string of the molecule is COc1c(Nc2cccc(OC=O)c2O)c(=O)c1=O. The number of phenols is 1. The van der Waals surface area contributed by atoms with Gasteiger partial charge in [-0.15, -0.1) is 0 Å². The topological polar surface area (TPSA) is 102 Å². The van der Waals surface area contributed by atoms with E-state index >= 15 is 0 Å². The Bertz CT molecular complexity index is 699. The molecule has 0 unspecified atom stereocenters. The van der Waals surface area contributed by atoms with Crippen LogP contribution in [0.2, 0.25) is 0 Å². The number of nitrogens with one attached hydrogen (secondary N) is 1. The monoisotopic (exact) mass is 263 g/mol. The van der Waals surface area contributed by atoms with Crippen LogP contribution >= 0.6 is 0 Å². The van der Waals surface area contributed by atoms with Crippen molar-refractivity contribution in [3.8, 4) is 17.2 Å². The molecule has 2 aromatic carbocycles. The van der Waals surface area contributed by atoms with Crippen molar-refractivity contribution in [2.45, 2.75) is 0 Å². The van der Waals surface area contributed by atoms with Crippen LogP contribution in [0.4, 0.5) is 11.4 Å². The lowest BCUT2D eigenvalue weighted by atomic mass is 10.2. The van der Waals surface area contributed by atoms with Gasteiger partial charge in [0.1, 0.15) is 5.69 Å². The van der Waals surface area contributed by atoms with E-state index in [0.717, 1.165) is 0 Å². The fourth-order valence-electron chi connectivity index (χ4n) is 1.58. The van der Waals surface area contributed by atoms with Crippen molar-refractivity contribution in [1.29, 1.82) is 0 Å². The summed E-state index contributed by atoms with van der Waals surface area (Å²) in [4.78, 5) is 32.7. The highest BCUT2D eigenvalue weighted by molar-refractivity contribution is 5.75. The third-order valence-corrected chi connectivity index (χ3v) is 2.50. The highest BCUT2D eigenvalue weighted by Gasteiger charge is 2.23. The summed E-state index contributed by atoms with van der Waals surface area (Å²) >= 11 is 0. The Morgan fingerprint density at radius 1 is 1.26 bits per heavy atom. The Labute approximate surface area is 106 Å². The fourth-order valence-corrected chi connectivity index (χ4v) is 1.58. The van der Waals surface area contributed by atoms with Gasteiger partial charge in [0.2, 0.25) is 0 Å². The van der Waals surface area contributed by atoms with Crippen molar-refractivity contribution >= 4 is 17.8 Å². The average Bonchev–Trinajstić information content (AvgIpc) is 2.42. The summed E-state index contributed by atoms with van der Waals surface area (Å²) in [7, 11) is 1.26. The molecule has 0 aliphatic rings. The number of ether oxygens (including phenoxy) is 2. The highest BCUT2D eigenvalue weighted by Crippen LogP contribution is 2.36. The molecular formula is C12H9NO6. The first kappa shape index (κ1) is 12.6. The number of carbonyl (C=O) groups is 1. The minimum Gasteiger partial charge on any atom is -0.503 e. The van der Waals surface area contributed by atoms with Crippen molar-refractivity contribution < 1.29 is 19.4 Å². The minimum atomic E-state index is -0.738. The molecule has 19 heavy (non-hydrogen) atoms. The number of anilines is 2. The van der Waals surface area contributed by atoms with E-state index in [-0.39, 0.29) is 35.1 Å². The summed E-state index contributed by atoms with van der Waals surface area (Å²) in [6.07, 6.45) is 0. The van der Waals surface area contributed by atoms with Crippen LogP contribution in [0.25, 0.3) is 0 Å². The number of carbonyl (C=O) groups excluding carboxylic acids is 1. The van der Waals surface area contributed by atoms with Crippen LogP contribution in [0.1, 0.15) is 0 Å². The summed E-state index contributed by atoms with van der Waals surface area (Å²) in [6.45, 7) is 0.163. The summed E-state index contributed by atoms with van der Waals surface area (Å²) in [5.41, 5.74) is -1.40. The van der Waals surface area contributed by atoms with Gasteiger partial charge in [-0.3, -0.25) is 14.4 Å². The Morgan fingerprint density at radius 2 is 2.00 bits per heavy atom. The van der Waals surface area contributed by atoms with E-state index < -0.39 is 10.9 Å². The maximum Gasteiger partial charge on any atom is 0.298 e. The second-order valence-electron chi connectivity index (χ2n) is 3.56. The lowest BCUT2D eigenvalue weighted by Crippen LogP contribution is -2.34. The standard InChI is InChI=1S/C12H9NO6/c1-18-12-8(10(16)11(12)17)13-6-3-2-4-7(9(6)15)19-5-14/h2-5,13,15H,1H3. The quantitative estimate of drug-likeness (QED) is 0.453. The van der Waals surface area contributed by atoms with Crippen molar-refractivity contribution in [2.24, 2.45) is 0 Å². The molecule has 0 bridgehead atoms. The first-order valence-electron chi connectivity index (χ1n) is 5.16. The molecule has 0 spiro atoms. The van der Waals surface area contributed by atoms with Gasteiger partial charge in [0.05, 0.1) is 12.8 Å². The highest BCUT2D eigenvalue weighted by atomic mass is 16.5. The van der Waals surface area contributed by atoms with Crippen LogP contribution in [0.5, 0.6) is 17.2 Å². The van der Waals surface area contributed by atoms with Crippen molar-refractivity contribution in [3.05, 3.63) is 38.6 Å². The zero-order valence-electron chi connectivity index (χ0n) is 9.80. The van der Waals surface area contributed by atoms with Gasteiger partial charge >= 0.3 is 0 Å². The van der Waals surface area contributed by atoms with Gasteiger partial charge < -0.3 is 19.9 Å². The van der Waals surface area contributed by atoms with Crippen molar-refractivity contribution in [3.63, 3.8) is 0 Å². The molecule has 0 saturated heterocycles. The smallest absolute Gasteiger partial charge is 0.298 e. The number of para-hydroxylation sites is 1. The van der Waals surface area contributed by atoms with Gasteiger partial charge in [0.15, 0.2) is 17.2 Å². The first-order valence-corrected chi connectivity index (χ1v) is 5.16. The number of hydrogen-bond acceptors (Lipinski definition) is 7. The van der Waals surface area contributed by atoms with E-state index in [2.05, 4.69) is 10.1 Å². The van der Waals surface area contributed by atoms with E-state index in [1.54, 1.807) is 0 Å². The lowest BCUT2D eigenvalue weighted by Gasteiger charge is -2.13. The Kier molecular flexibility index (Phi) is 3.19. The molecular weight excluding hydrogens is 254 g/mol. The number of rotatable bonds is 5. The Balaban J connectivity index is 2.37. The molecule has 0 heterocycles. The predicted octanol–water partition coefficient (Wildman–Crippen LogP) is 0.276. The van der Waals surface area contributed by atoms with Gasteiger partial charge in [0.25, 0.3) is 17.3 Å². The van der Waals surface area contributed by atoms with Gasteiger partial charge in [-0.2, -0.15) is 0 Å². The Morgan fingerprint density at radius 3 is 2.63 bits per heavy atom. The molecule has 0 atom stereocenters. The number of aromatic hydroxyl groups is 1. The fraction of sp³-hybridized carbons (Fsp3) is 0.0833. The van der Waals surface area contributed by atoms with Crippen LogP contribution in [-0.4, -0.2) is 18.7 Å². The molecule has 7 heteroatoms. The zero-order chi connectivity index (χ0) is 14.0. The van der Waals surface area contributed by atoms with Crippen molar-refractivity contribution in [1.82, 2.24) is 0 Å². The summed E-state index contributed by atoms with van der Waals surface area (Å²) in [5.74, 6) is -0.534. The zero-order valence-corrected chi connectivity index (χ0v) is 9.80. The van der Waals surface area contributed by atoms with Crippen LogP contribution in [-0.2, 0) is 4.79 Å². The molecule has 0 radical (unpaired) electrons. The molecule has 7 nitrogen and oxygen atoms in total. The molecule has 0 aliphatic carbocycles. The molecule has 0 aliphatic heterocycles. The lowest BCUT2D eigenvalue weighted by molar-refractivity contribution is -0.120. The third-order valence-electron chi connectivity index (χ3n) is 2.50. The summed E-state index contributed by atoms with van der Waals surface area (Å²) in [6, 6.07) is 4.32. The minimum absolute atomic E-state index is 0.0500. The summed E-state index contributed by atoms with van der Waals surface area (Å²) < 4.78 is 9.29. The first-order chi connectivity index (χ1) is 9.10. The molecule has 98 valence electrons. The molecule has 0 amide bonds. The van der Waals surface area contributed by atoms with E-state index in [0.29, 0.717) is 0 Å². The number of methoxy groups -OCH3 is 1. The molecule has 0 saturated carbocycles. The number of benzene rings is 1. The summed E-state index contributed by atoms with van der Waals surface area (Å²) in [5, 5.41) is 12.4. The predicted molar refractivity (Wildman–Crippen MR) is 66.0 cm³/mol. The van der Waals surface area contributed by atoms with Crippen LogP contribution in [0.15, 0.2) is 27.8 Å². The molecule has 0 fully saturated rings. The van der Waals surface area contributed by atoms with Crippen LogP contribution in [0, 0.1) is 0 Å². The van der Waals surface area contributed by atoms with Gasteiger partial charge in [0, 0.05) is 0 Å². The van der Waals surface area contributed by atoms with Crippen LogP contribution < -0.4 is 25.6 Å². The van der Waals surface area contributed by atoms with Crippen molar-refractivity contribution in [2.75, 3.05) is 12.4 Å². The molecule has 2 aromatic rings.